The molecule has 2 fully saturated rings. The van der Waals surface area contributed by atoms with Gasteiger partial charge in [-0.2, -0.15) is 5.10 Å². The fourth-order valence-electron chi connectivity index (χ4n) is 4.53. The summed E-state index contributed by atoms with van der Waals surface area (Å²) in [4.78, 5) is 6.99. The minimum absolute atomic E-state index is 0.0622. The number of rotatable bonds is 4. The zero-order chi connectivity index (χ0) is 20.9. The first-order valence-corrected chi connectivity index (χ1v) is 12.5. The second kappa shape index (κ2) is 7.58. The third kappa shape index (κ3) is 3.72. The Morgan fingerprint density at radius 2 is 1.93 bits per heavy atom. The Bertz CT molecular complexity index is 1200. The van der Waals surface area contributed by atoms with E-state index >= 15 is 0 Å². The van der Waals surface area contributed by atoms with Gasteiger partial charge in [-0.25, -0.2) is 18.1 Å². The van der Waals surface area contributed by atoms with E-state index in [1.54, 1.807) is 0 Å². The van der Waals surface area contributed by atoms with E-state index in [9.17, 15) is 8.42 Å². The molecule has 0 bridgehead atoms. The molecule has 0 spiro atoms. The highest BCUT2D eigenvalue weighted by molar-refractivity contribution is 7.91. The summed E-state index contributed by atoms with van der Waals surface area (Å²) in [6, 6.07) is 7.87. The molecule has 4 heterocycles. The van der Waals surface area contributed by atoms with Gasteiger partial charge < -0.3 is 8.98 Å². The summed E-state index contributed by atoms with van der Waals surface area (Å²) in [6.45, 7) is 2.44. The van der Waals surface area contributed by atoms with Crippen LogP contribution in [-0.4, -0.2) is 57.2 Å². The predicted molar refractivity (Wildman–Crippen MR) is 116 cm³/mol. The molecule has 0 aliphatic carbocycles. The van der Waals surface area contributed by atoms with Crippen LogP contribution >= 0.6 is 12.2 Å². The van der Waals surface area contributed by atoms with Crippen molar-refractivity contribution in [1.29, 1.82) is 0 Å². The average molecular weight is 448 g/mol. The van der Waals surface area contributed by atoms with Crippen molar-refractivity contribution in [2.24, 2.45) is 7.05 Å². The molecule has 5 rings (SSSR count). The Labute approximate surface area is 180 Å². The Morgan fingerprint density at radius 3 is 2.63 bits per heavy atom. The monoisotopic (exact) mass is 447 g/mol. The molecule has 3 aromatic rings. The lowest BCUT2D eigenvalue weighted by Crippen LogP contribution is -2.35. The lowest BCUT2D eigenvalue weighted by atomic mass is 9.97. The first-order valence-electron chi connectivity index (χ1n) is 10.3. The van der Waals surface area contributed by atoms with E-state index in [4.69, 9.17) is 21.7 Å². The van der Waals surface area contributed by atoms with Crippen molar-refractivity contribution in [2.75, 3.05) is 24.6 Å². The minimum Gasteiger partial charge on any atom is -0.440 e. The maximum atomic E-state index is 11.8. The molecule has 0 amide bonds. The van der Waals surface area contributed by atoms with Gasteiger partial charge in [0.2, 0.25) is 0 Å². The van der Waals surface area contributed by atoms with Crippen LogP contribution in [0.2, 0.25) is 0 Å². The highest BCUT2D eigenvalue weighted by Gasteiger charge is 2.33. The van der Waals surface area contributed by atoms with Crippen LogP contribution in [0.25, 0.3) is 11.1 Å². The number of hydrogen-bond donors (Lipinski definition) is 0. The Hall–Kier alpha value is -2.04. The van der Waals surface area contributed by atoms with Crippen LogP contribution in [0.4, 0.5) is 0 Å². The maximum Gasteiger partial charge on any atom is 0.198 e. The van der Waals surface area contributed by atoms with Gasteiger partial charge in [0.1, 0.15) is 11.3 Å². The molecule has 2 aliphatic rings. The molecule has 1 unspecified atom stereocenters. The molecule has 0 N–H and O–H groups in total. The fourth-order valence-corrected chi connectivity index (χ4v) is 6.46. The molecule has 160 valence electrons. The molecule has 1 atom stereocenters. The van der Waals surface area contributed by atoms with Crippen molar-refractivity contribution < 1.29 is 12.8 Å². The lowest BCUT2D eigenvalue weighted by molar-refractivity contribution is 0.153. The average Bonchev–Trinajstić information content (AvgIpc) is 3.40. The summed E-state index contributed by atoms with van der Waals surface area (Å²) in [6.07, 6.45) is 2.57. The second-order valence-corrected chi connectivity index (χ2v) is 10.9. The lowest BCUT2D eigenvalue weighted by Gasteiger charge is -2.30. The zero-order valence-corrected chi connectivity index (χ0v) is 18.5. The van der Waals surface area contributed by atoms with E-state index in [1.807, 2.05) is 40.6 Å². The molecule has 2 aromatic heterocycles. The van der Waals surface area contributed by atoms with Crippen molar-refractivity contribution >= 4 is 33.2 Å². The molecular weight excluding hydrogens is 422 g/mol. The molecule has 30 heavy (non-hydrogen) atoms. The smallest absolute Gasteiger partial charge is 0.198 e. The molecule has 1 aromatic carbocycles. The largest absolute Gasteiger partial charge is 0.440 e. The van der Waals surface area contributed by atoms with Crippen molar-refractivity contribution in [1.82, 2.24) is 24.2 Å². The van der Waals surface area contributed by atoms with Gasteiger partial charge in [0, 0.05) is 32.0 Å². The van der Waals surface area contributed by atoms with E-state index in [1.165, 1.54) is 0 Å². The summed E-state index contributed by atoms with van der Waals surface area (Å²) in [5.74, 6) is 2.28. The predicted octanol–water partition coefficient (Wildman–Crippen LogP) is 2.83. The molecule has 0 saturated carbocycles. The third-order valence-electron chi connectivity index (χ3n) is 6.25. The molecular formula is C20H25N5O3S2. The van der Waals surface area contributed by atoms with E-state index in [-0.39, 0.29) is 17.4 Å². The van der Waals surface area contributed by atoms with Gasteiger partial charge in [0.25, 0.3) is 0 Å². The van der Waals surface area contributed by atoms with Crippen molar-refractivity contribution in [2.45, 2.75) is 37.8 Å². The molecule has 2 saturated heterocycles. The number of para-hydroxylation sites is 2. The van der Waals surface area contributed by atoms with E-state index in [2.05, 4.69) is 9.88 Å². The number of likely N-dealkylation sites (tertiary alicyclic amines) is 1. The van der Waals surface area contributed by atoms with Crippen LogP contribution in [0, 0.1) is 4.77 Å². The summed E-state index contributed by atoms with van der Waals surface area (Å²) in [7, 11) is -1.07. The van der Waals surface area contributed by atoms with Crippen LogP contribution < -0.4 is 0 Å². The number of fused-ring (bicyclic) bond motifs is 1. The first kappa shape index (κ1) is 19.9. The van der Waals surface area contributed by atoms with Gasteiger partial charge in [0.05, 0.1) is 18.2 Å². The number of aromatic nitrogens is 4. The summed E-state index contributed by atoms with van der Waals surface area (Å²) in [5.41, 5.74) is 1.76. The van der Waals surface area contributed by atoms with E-state index < -0.39 is 9.84 Å². The fraction of sp³-hybridized carbons (Fsp3) is 0.550. The molecule has 0 radical (unpaired) electrons. The van der Waals surface area contributed by atoms with Gasteiger partial charge in [-0.3, -0.25) is 4.90 Å². The number of nitrogens with zero attached hydrogens (tertiary/aromatic N) is 5. The van der Waals surface area contributed by atoms with Gasteiger partial charge in [-0.05, 0) is 43.6 Å². The number of benzene rings is 1. The Morgan fingerprint density at radius 1 is 1.17 bits per heavy atom. The first-order chi connectivity index (χ1) is 14.4. The van der Waals surface area contributed by atoms with Crippen LogP contribution in [0.3, 0.4) is 0 Å². The van der Waals surface area contributed by atoms with Gasteiger partial charge in [0.15, 0.2) is 26.1 Å². The highest BCUT2D eigenvalue weighted by Crippen LogP contribution is 2.31. The summed E-state index contributed by atoms with van der Waals surface area (Å²) in [5, 5.41) is 4.70. The second-order valence-electron chi connectivity index (χ2n) is 8.35. The van der Waals surface area contributed by atoms with Gasteiger partial charge in [-0.1, -0.05) is 12.1 Å². The van der Waals surface area contributed by atoms with Crippen molar-refractivity contribution in [3.63, 3.8) is 0 Å². The summed E-state index contributed by atoms with van der Waals surface area (Å²) < 4.78 is 34.0. The Balaban J connectivity index is 1.25. The van der Waals surface area contributed by atoms with Crippen molar-refractivity contribution in [3.8, 4) is 0 Å². The maximum absolute atomic E-state index is 11.8. The molecule has 10 heteroatoms. The van der Waals surface area contributed by atoms with Crippen LogP contribution in [0.1, 0.15) is 42.8 Å². The van der Waals surface area contributed by atoms with Crippen LogP contribution in [0.5, 0.6) is 0 Å². The number of hydrogen-bond acceptors (Lipinski definition) is 7. The van der Waals surface area contributed by atoms with Crippen molar-refractivity contribution in [3.05, 3.63) is 40.8 Å². The topological polar surface area (TPSA) is 86.2 Å². The molecule has 8 nitrogen and oxygen atoms in total. The van der Waals surface area contributed by atoms with Gasteiger partial charge >= 0.3 is 0 Å². The SMILES string of the molecule is Cn1c(C2CCS(=O)(=O)C2)nn(CN2CCC(c3nc4ccccc4o3)CC2)c1=S. The van der Waals surface area contributed by atoms with Gasteiger partial charge in [-0.15, -0.1) is 0 Å². The van der Waals surface area contributed by atoms with Crippen LogP contribution in [0.15, 0.2) is 28.7 Å². The third-order valence-corrected chi connectivity index (χ3v) is 8.51. The normalized spacial score (nSPS) is 22.8. The number of oxazole rings is 1. The Kier molecular flexibility index (Phi) is 5.03. The number of sulfone groups is 1. The number of piperidine rings is 1. The van der Waals surface area contributed by atoms with E-state index in [0.29, 0.717) is 23.8 Å². The minimum atomic E-state index is -2.96. The standard InChI is InChI=1S/C20H25N5O3S2/c1-23-18(15-8-11-30(26,27)12-15)22-25(20(23)29)13-24-9-6-14(7-10-24)19-21-16-4-2-3-5-17(16)28-19/h2-5,14-15H,6-13H2,1H3. The highest BCUT2D eigenvalue weighted by atomic mass is 32.2. The van der Waals surface area contributed by atoms with Crippen LogP contribution in [-0.2, 0) is 23.6 Å². The zero-order valence-electron chi connectivity index (χ0n) is 16.9. The summed E-state index contributed by atoms with van der Waals surface area (Å²) >= 11 is 5.57. The van der Waals surface area contributed by atoms with E-state index in [0.717, 1.165) is 48.7 Å². The molecule has 2 aliphatic heterocycles. The quantitative estimate of drug-likeness (QED) is 0.569.